The largest absolute Gasteiger partial charge is 0.497 e. The minimum Gasteiger partial charge on any atom is -0.497 e. The molecule has 8 nitrogen and oxygen atoms in total. The number of benzene rings is 3. The smallest absolute Gasteiger partial charge is 0.264 e. The molecule has 2 amide bonds. The van der Waals surface area contributed by atoms with Gasteiger partial charge in [0.15, 0.2) is 0 Å². The van der Waals surface area contributed by atoms with Crippen LogP contribution in [0.1, 0.15) is 51.7 Å². The molecule has 0 bridgehead atoms. The zero-order valence-electron chi connectivity index (χ0n) is 24.5. The maximum atomic E-state index is 14.2. The van der Waals surface area contributed by atoms with E-state index in [4.69, 9.17) is 4.74 Å². The summed E-state index contributed by atoms with van der Waals surface area (Å²) in [4.78, 5) is 29.2. The normalized spacial score (nSPS) is 12.7. The van der Waals surface area contributed by atoms with Crippen LogP contribution < -0.4 is 14.4 Å². The number of hydrogen-bond acceptors (Lipinski definition) is 5. The fraction of sp³-hybridized carbons (Fsp3) is 0.375. The third-order valence-electron chi connectivity index (χ3n) is 7.15. The van der Waals surface area contributed by atoms with Gasteiger partial charge in [-0.15, -0.1) is 0 Å². The third kappa shape index (κ3) is 7.88. The summed E-state index contributed by atoms with van der Waals surface area (Å²) < 4.78 is 34.5. The average molecular weight is 580 g/mol. The summed E-state index contributed by atoms with van der Waals surface area (Å²) in [6.45, 7) is 7.34. The van der Waals surface area contributed by atoms with Crippen molar-refractivity contribution < 1.29 is 22.7 Å². The number of nitrogens with one attached hydrogen (secondary N) is 1. The molecule has 0 aliphatic rings. The fourth-order valence-corrected chi connectivity index (χ4v) is 6.05. The highest BCUT2D eigenvalue weighted by atomic mass is 32.2. The first-order valence-electron chi connectivity index (χ1n) is 14.0. The van der Waals surface area contributed by atoms with Crippen molar-refractivity contribution in [3.05, 3.63) is 90.0 Å². The van der Waals surface area contributed by atoms with E-state index in [1.807, 2.05) is 52.0 Å². The van der Waals surface area contributed by atoms with E-state index in [2.05, 4.69) is 5.32 Å². The van der Waals surface area contributed by atoms with Crippen molar-refractivity contribution in [1.82, 2.24) is 10.2 Å². The molecular formula is C32H41N3O5S. The van der Waals surface area contributed by atoms with Crippen LogP contribution in [0.5, 0.6) is 5.75 Å². The number of anilines is 1. The molecule has 2 unspecified atom stereocenters. The number of methoxy groups -OCH3 is 1. The van der Waals surface area contributed by atoms with Crippen LogP contribution in [-0.2, 0) is 32.6 Å². The Hall–Kier alpha value is -3.85. The molecule has 2 atom stereocenters. The van der Waals surface area contributed by atoms with Crippen LogP contribution in [0.3, 0.4) is 0 Å². The van der Waals surface area contributed by atoms with Crippen LogP contribution in [0.2, 0.25) is 0 Å². The van der Waals surface area contributed by atoms with Crippen LogP contribution in [-0.4, -0.2) is 50.9 Å². The number of carbonyl (C=O) groups excluding carboxylic acids is 2. The number of para-hydroxylation sites is 1. The van der Waals surface area contributed by atoms with Gasteiger partial charge in [-0.2, -0.15) is 0 Å². The SMILES string of the molecule is CCc1ccccc1N(CC(=O)N(Cc1ccc(OC)cc1)C(CC)C(=O)NC(C)CC)S(=O)(=O)c1ccccc1. The van der Waals surface area contributed by atoms with Gasteiger partial charge in [0.05, 0.1) is 17.7 Å². The van der Waals surface area contributed by atoms with Crippen molar-refractivity contribution >= 4 is 27.5 Å². The van der Waals surface area contributed by atoms with E-state index in [9.17, 15) is 18.0 Å². The summed E-state index contributed by atoms with van der Waals surface area (Å²) in [6, 6.07) is 21.7. The molecule has 0 aliphatic heterocycles. The maximum absolute atomic E-state index is 14.2. The topological polar surface area (TPSA) is 96.0 Å². The van der Waals surface area contributed by atoms with E-state index in [0.29, 0.717) is 24.3 Å². The van der Waals surface area contributed by atoms with E-state index in [-0.39, 0.29) is 23.4 Å². The van der Waals surface area contributed by atoms with Crippen molar-refractivity contribution in [2.24, 2.45) is 0 Å². The van der Waals surface area contributed by atoms with E-state index < -0.39 is 28.5 Å². The van der Waals surface area contributed by atoms with Gasteiger partial charge in [0.1, 0.15) is 18.3 Å². The number of ether oxygens (including phenoxy) is 1. The van der Waals surface area contributed by atoms with Gasteiger partial charge in [-0.3, -0.25) is 13.9 Å². The molecule has 0 fully saturated rings. The highest BCUT2D eigenvalue weighted by Gasteiger charge is 2.34. The lowest BCUT2D eigenvalue weighted by atomic mass is 10.1. The first-order chi connectivity index (χ1) is 19.7. The van der Waals surface area contributed by atoms with Crippen molar-refractivity contribution in [2.75, 3.05) is 18.0 Å². The first-order valence-corrected chi connectivity index (χ1v) is 15.5. The van der Waals surface area contributed by atoms with E-state index >= 15 is 0 Å². The second-order valence-electron chi connectivity index (χ2n) is 9.92. The Kier molecular flexibility index (Phi) is 11.3. The molecule has 0 heterocycles. The molecule has 0 aliphatic carbocycles. The van der Waals surface area contributed by atoms with Gasteiger partial charge < -0.3 is 15.0 Å². The lowest BCUT2D eigenvalue weighted by Crippen LogP contribution is -2.53. The van der Waals surface area contributed by atoms with Crippen molar-refractivity contribution in [3.8, 4) is 5.75 Å². The monoisotopic (exact) mass is 579 g/mol. The third-order valence-corrected chi connectivity index (χ3v) is 8.92. The molecule has 0 aromatic heterocycles. The Morgan fingerprint density at radius 2 is 1.51 bits per heavy atom. The molecule has 220 valence electrons. The van der Waals surface area contributed by atoms with Crippen LogP contribution >= 0.6 is 0 Å². The second kappa shape index (κ2) is 14.7. The zero-order chi connectivity index (χ0) is 30.0. The molecule has 1 N–H and O–H groups in total. The zero-order valence-corrected chi connectivity index (χ0v) is 25.4. The number of hydrogen-bond donors (Lipinski definition) is 1. The second-order valence-corrected chi connectivity index (χ2v) is 11.8. The predicted octanol–water partition coefficient (Wildman–Crippen LogP) is 5.18. The van der Waals surface area contributed by atoms with Gasteiger partial charge in [-0.25, -0.2) is 8.42 Å². The molecule has 3 rings (SSSR count). The van der Waals surface area contributed by atoms with E-state index in [0.717, 1.165) is 17.5 Å². The Balaban J connectivity index is 2.08. The number of aryl methyl sites for hydroxylation is 1. The summed E-state index contributed by atoms with van der Waals surface area (Å²) in [5.41, 5.74) is 2.03. The van der Waals surface area contributed by atoms with Gasteiger partial charge in [0.25, 0.3) is 10.0 Å². The number of sulfonamides is 1. The summed E-state index contributed by atoms with van der Waals surface area (Å²) in [6.07, 6.45) is 1.68. The van der Waals surface area contributed by atoms with Gasteiger partial charge in [0, 0.05) is 12.6 Å². The van der Waals surface area contributed by atoms with Crippen molar-refractivity contribution in [1.29, 1.82) is 0 Å². The summed E-state index contributed by atoms with van der Waals surface area (Å²) in [5.74, 6) is -0.0722. The van der Waals surface area contributed by atoms with Gasteiger partial charge in [-0.05, 0) is 67.6 Å². The fourth-order valence-electron chi connectivity index (χ4n) is 4.57. The van der Waals surface area contributed by atoms with Crippen LogP contribution in [0.25, 0.3) is 0 Å². The predicted molar refractivity (Wildman–Crippen MR) is 162 cm³/mol. The van der Waals surface area contributed by atoms with Crippen LogP contribution in [0.15, 0.2) is 83.8 Å². The lowest BCUT2D eigenvalue weighted by molar-refractivity contribution is -0.140. The molecule has 0 radical (unpaired) electrons. The highest BCUT2D eigenvalue weighted by Crippen LogP contribution is 2.28. The number of rotatable bonds is 14. The average Bonchev–Trinajstić information content (AvgIpc) is 3.00. The molecule has 0 saturated heterocycles. The van der Waals surface area contributed by atoms with Crippen molar-refractivity contribution in [2.45, 2.75) is 70.5 Å². The Morgan fingerprint density at radius 3 is 2.10 bits per heavy atom. The number of nitrogens with zero attached hydrogens (tertiary/aromatic N) is 2. The Labute approximate surface area is 244 Å². The van der Waals surface area contributed by atoms with E-state index in [1.165, 1.54) is 21.3 Å². The minimum atomic E-state index is -4.10. The van der Waals surface area contributed by atoms with Crippen LogP contribution in [0.4, 0.5) is 5.69 Å². The van der Waals surface area contributed by atoms with Gasteiger partial charge >= 0.3 is 0 Å². The molecule has 0 spiro atoms. The molecule has 9 heteroatoms. The summed E-state index contributed by atoms with van der Waals surface area (Å²) in [7, 11) is -2.53. The highest BCUT2D eigenvalue weighted by molar-refractivity contribution is 7.92. The molecule has 3 aromatic rings. The first kappa shape index (κ1) is 31.7. The van der Waals surface area contributed by atoms with Crippen molar-refractivity contribution in [3.63, 3.8) is 0 Å². The molecule has 41 heavy (non-hydrogen) atoms. The number of amides is 2. The Morgan fingerprint density at radius 1 is 0.878 bits per heavy atom. The molecule has 3 aromatic carbocycles. The summed E-state index contributed by atoms with van der Waals surface area (Å²) in [5, 5.41) is 2.99. The van der Waals surface area contributed by atoms with Crippen LogP contribution in [0, 0.1) is 0 Å². The van der Waals surface area contributed by atoms with Gasteiger partial charge in [-0.1, -0.05) is 69.3 Å². The quantitative estimate of drug-likeness (QED) is 0.284. The molecule has 0 saturated carbocycles. The standard InChI is InChI=1S/C32H41N3O5S/c1-6-24(4)33-32(37)29(8-3)34(22-25-18-20-27(40-5)21-19-25)31(36)23-35(30-17-13-12-14-26(30)7-2)41(38,39)28-15-10-9-11-16-28/h9-21,24,29H,6-8,22-23H2,1-5H3,(H,33,37). The minimum absolute atomic E-state index is 0.0686. The number of carbonyl (C=O) groups is 2. The summed E-state index contributed by atoms with van der Waals surface area (Å²) >= 11 is 0. The molecular weight excluding hydrogens is 538 g/mol. The van der Waals surface area contributed by atoms with E-state index in [1.54, 1.807) is 49.6 Å². The maximum Gasteiger partial charge on any atom is 0.264 e. The van der Waals surface area contributed by atoms with Gasteiger partial charge in [0.2, 0.25) is 11.8 Å². The lowest BCUT2D eigenvalue weighted by Gasteiger charge is -2.34. The Bertz CT molecular complexity index is 1390.